The second-order valence-corrected chi connectivity index (χ2v) is 8.37. The molecule has 1 fully saturated rings. The van der Waals surface area contributed by atoms with Crippen LogP contribution in [0.25, 0.3) is 5.76 Å². The van der Waals surface area contributed by atoms with Crippen LogP contribution < -0.4 is 9.64 Å². The van der Waals surface area contributed by atoms with Crippen LogP contribution in [-0.4, -0.2) is 28.4 Å². The van der Waals surface area contributed by atoms with Gasteiger partial charge in [-0.15, -0.1) is 0 Å². The topological polar surface area (TPSA) is 79.7 Å². The van der Waals surface area contributed by atoms with Gasteiger partial charge in [-0.25, -0.2) is 0 Å². The first-order valence-electron chi connectivity index (χ1n) is 11.5. The maximum absolute atomic E-state index is 13.2. The minimum absolute atomic E-state index is 0.0372. The van der Waals surface area contributed by atoms with E-state index in [-0.39, 0.29) is 11.3 Å². The quantitative estimate of drug-likeness (QED) is 0.207. The molecule has 1 aliphatic heterocycles. The zero-order valence-corrected chi connectivity index (χ0v) is 19.4. The van der Waals surface area contributed by atoms with E-state index in [1.165, 1.54) is 4.90 Å². The van der Waals surface area contributed by atoms with Crippen molar-refractivity contribution in [2.24, 2.45) is 0 Å². The molecule has 1 amide bonds. The van der Waals surface area contributed by atoms with E-state index < -0.39 is 17.7 Å². The number of aromatic nitrogens is 1. The summed E-state index contributed by atoms with van der Waals surface area (Å²) >= 11 is 0. The third-order valence-electron chi connectivity index (χ3n) is 5.90. The Balaban J connectivity index is 1.73. The van der Waals surface area contributed by atoms with Gasteiger partial charge in [0.2, 0.25) is 0 Å². The predicted octanol–water partition coefficient (Wildman–Crippen LogP) is 5.59. The van der Waals surface area contributed by atoms with E-state index in [4.69, 9.17) is 4.74 Å². The number of carbonyl (C=O) groups excluding carboxylic acids is 2. The van der Waals surface area contributed by atoms with Crippen molar-refractivity contribution in [2.75, 3.05) is 11.5 Å². The van der Waals surface area contributed by atoms with Gasteiger partial charge in [-0.05, 0) is 61.4 Å². The summed E-state index contributed by atoms with van der Waals surface area (Å²) < 4.78 is 5.75. The molecule has 1 atom stereocenters. The van der Waals surface area contributed by atoms with Crippen molar-refractivity contribution < 1.29 is 19.4 Å². The number of pyridine rings is 1. The van der Waals surface area contributed by atoms with Crippen LogP contribution in [0.15, 0.2) is 78.6 Å². The summed E-state index contributed by atoms with van der Waals surface area (Å²) in [5.74, 6) is -0.946. The number of aryl methyl sites for hydroxylation is 1. The molecule has 6 nitrogen and oxygen atoms in total. The highest BCUT2D eigenvalue weighted by Gasteiger charge is 2.47. The monoisotopic (exact) mass is 456 g/mol. The number of rotatable bonds is 8. The number of benzene rings is 2. The molecule has 1 aromatic heterocycles. The van der Waals surface area contributed by atoms with Crippen molar-refractivity contribution in [1.82, 2.24) is 4.98 Å². The van der Waals surface area contributed by atoms with E-state index in [2.05, 4.69) is 11.9 Å². The van der Waals surface area contributed by atoms with E-state index in [1.54, 1.807) is 60.9 Å². The number of ether oxygens (including phenoxy) is 1. The van der Waals surface area contributed by atoms with E-state index >= 15 is 0 Å². The Bertz CT molecular complexity index is 1190. The van der Waals surface area contributed by atoms with Gasteiger partial charge in [0.25, 0.3) is 11.7 Å². The third-order valence-corrected chi connectivity index (χ3v) is 5.90. The number of aliphatic hydroxyl groups is 1. The van der Waals surface area contributed by atoms with Gasteiger partial charge < -0.3 is 9.84 Å². The highest BCUT2D eigenvalue weighted by atomic mass is 16.5. The molecule has 34 heavy (non-hydrogen) atoms. The highest BCUT2D eigenvalue weighted by Crippen LogP contribution is 2.42. The fraction of sp³-hybridized carbons (Fsp3) is 0.250. The number of anilines is 1. The zero-order chi connectivity index (χ0) is 24.1. The highest BCUT2D eigenvalue weighted by molar-refractivity contribution is 6.51. The number of amides is 1. The third kappa shape index (κ3) is 4.71. The van der Waals surface area contributed by atoms with Crippen molar-refractivity contribution in [1.29, 1.82) is 0 Å². The van der Waals surface area contributed by atoms with E-state index in [1.807, 2.05) is 19.1 Å². The molecule has 0 bridgehead atoms. The summed E-state index contributed by atoms with van der Waals surface area (Å²) in [6, 6.07) is 17.0. The van der Waals surface area contributed by atoms with Crippen molar-refractivity contribution in [3.63, 3.8) is 0 Å². The number of ketones is 1. The van der Waals surface area contributed by atoms with Crippen LogP contribution in [0.3, 0.4) is 0 Å². The van der Waals surface area contributed by atoms with Crippen LogP contribution in [0, 0.1) is 6.92 Å². The molecule has 174 valence electrons. The van der Waals surface area contributed by atoms with Crippen molar-refractivity contribution in [3.8, 4) is 5.75 Å². The second-order valence-electron chi connectivity index (χ2n) is 8.37. The van der Waals surface area contributed by atoms with Crippen molar-refractivity contribution in [3.05, 3.63) is 95.3 Å². The molecule has 2 aromatic carbocycles. The molecule has 1 N–H and O–H groups in total. The Hall–Kier alpha value is -3.93. The van der Waals surface area contributed by atoms with Crippen LogP contribution in [0.1, 0.15) is 48.9 Å². The van der Waals surface area contributed by atoms with Gasteiger partial charge >= 0.3 is 0 Å². The molecule has 1 aliphatic rings. The van der Waals surface area contributed by atoms with Crippen LogP contribution in [0.2, 0.25) is 0 Å². The van der Waals surface area contributed by atoms with Gasteiger partial charge in [0.15, 0.2) is 0 Å². The number of hydrogen-bond donors (Lipinski definition) is 1. The number of Topliss-reactive ketones (excluding diaryl/α,β-unsaturated/α-hetero) is 1. The first-order valence-corrected chi connectivity index (χ1v) is 11.5. The molecule has 6 heteroatoms. The average Bonchev–Trinajstić information content (AvgIpc) is 3.13. The SMILES string of the molecule is CCCCCOc1ccc(/C(O)=C2/C(=O)C(=O)N(c3ccc(C)cc3)C2c2cccnc2)cc1. The molecular formula is C28H28N2O4. The lowest BCUT2D eigenvalue weighted by molar-refractivity contribution is -0.132. The normalized spacial score (nSPS) is 17.2. The summed E-state index contributed by atoms with van der Waals surface area (Å²) in [5, 5.41) is 11.2. The van der Waals surface area contributed by atoms with E-state index in [0.717, 1.165) is 24.8 Å². The lowest BCUT2D eigenvalue weighted by Crippen LogP contribution is -2.29. The molecule has 0 spiro atoms. The maximum atomic E-state index is 13.2. The lowest BCUT2D eigenvalue weighted by Gasteiger charge is -2.25. The van der Waals surface area contributed by atoms with Crippen LogP contribution in [-0.2, 0) is 9.59 Å². The fourth-order valence-corrected chi connectivity index (χ4v) is 4.06. The Morgan fingerprint density at radius 1 is 1.03 bits per heavy atom. The van der Waals surface area contributed by atoms with Gasteiger partial charge in [-0.3, -0.25) is 19.5 Å². The Labute approximate surface area is 199 Å². The van der Waals surface area contributed by atoms with Gasteiger partial charge in [0.05, 0.1) is 18.2 Å². The van der Waals surface area contributed by atoms with E-state index in [0.29, 0.717) is 29.2 Å². The maximum Gasteiger partial charge on any atom is 0.300 e. The number of unbranched alkanes of at least 4 members (excludes halogenated alkanes) is 2. The Kier molecular flexibility index (Phi) is 7.07. The standard InChI is InChI=1S/C28H28N2O4/c1-3-4-5-17-34-23-14-10-20(11-15-23)26(31)24-25(21-7-6-16-29-18-21)30(28(33)27(24)32)22-12-8-19(2)9-13-22/h6-16,18,25,31H,3-5,17H2,1-2H3/b26-24-. The molecule has 1 saturated heterocycles. The predicted molar refractivity (Wildman–Crippen MR) is 132 cm³/mol. The summed E-state index contributed by atoms with van der Waals surface area (Å²) in [7, 11) is 0. The Morgan fingerprint density at radius 3 is 2.41 bits per heavy atom. The number of aliphatic hydroxyl groups excluding tert-OH is 1. The molecule has 0 aliphatic carbocycles. The zero-order valence-electron chi connectivity index (χ0n) is 19.4. The summed E-state index contributed by atoms with van der Waals surface area (Å²) in [5.41, 5.74) is 2.73. The smallest absolute Gasteiger partial charge is 0.300 e. The summed E-state index contributed by atoms with van der Waals surface area (Å²) in [6.45, 7) is 4.72. The van der Waals surface area contributed by atoms with Crippen molar-refractivity contribution in [2.45, 2.75) is 39.2 Å². The fourth-order valence-electron chi connectivity index (χ4n) is 4.06. The molecule has 3 aromatic rings. The van der Waals surface area contributed by atoms with Gasteiger partial charge in [0, 0.05) is 23.6 Å². The summed E-state index contributed by atoms with van der Waals surface area (Å²) in [6.07, 6.45) is 6.44. The number of carbonyl (C=O) groups is 2. The van der Waals surface area contributed by atoms with Crippen LogP contribution in [0.4, 0.5) is 5.69 Å². The van der Waals surface area contributed by atoms with Gasteiger partial charge in [-0.1, -0.05) is 43.5 Å². The van der Waals surface area contributed by atoms with Crippen molar-refractivity contribution >= 4 is 23.1 Å². The average molecular weight is 457 g/mol. The Morgan fingerprint density at radius 2 is 1.76 bits per heavy atom. The lowest BCUT2D eigenvalue weighted by atomic mass is 9.96. The van der Waals surface area contributed by atoms with Gasteiger partial charge in [0.1, 0.15) is 11.5 Å². The van der Waals surface area contributed by atoms with Gasteiger partial charge in [-0.2, -0.15) is 0 Å². The molecular weight excluding hydrogens is 428 g/mol. The molecule has 1 unspecified atom stereocenters. The summed E-state index contributed by atoms with van der Waals surface area (Å²) in [4.78, 5) is 31.9. The molecule has 0 radical (unpaired) electrons. The molecule has 0 saturated carbocycles. The minimum atomic E-state index is -0.790. The number of hydrogen-bond acceptors (Lipinski definition) is 5. The van der Waals surface area contributed by atoms with Crippen LogP contribution >= 0.6 is 0 Å². The first-order chi connectivity index (χ1) is 16.5. The largest absolute Gasteiger partial charge is 0.507 e. The first kappa shape index (κ1) is 23.2. The molecule has 4 rings (SSSR count). The minimum Gasteiger partial charge on any atom is -0.507 e. The molecule has 2 heterocycles. The number of nitrogens with zero attached hydrogens (tertiary/aromatic N) is 2. The van der Waals surface area contributed by atoms with E-state index in [9.17, 15) is 14.7 Å². The second kappa shape index (κ2) is 10.3. The van der Waals surface area contributed by atoms with Crippen LogP contribution in [0.5, 0.6) is 5.75 Å².